The zero-order valence-electron chi connectivity index (χ0n) is 11.9. The summed E-state index contributed by atoms with van der Waals surface area (Å²) in [5, 5.41) is 18.7. The average molecular weight is 351 g/mol. The molecule has 1 aromatic rings. The van der Waals surface area contributed by atoms with Crippen LogP contribution >= 0.6 is 0 Å². The highest BCUT2D eigenvalue weighted by atomic mass is 19.4. The van der Waals surface area contributed by atoms with Gasteiger partial charge in [-0.2, -0.15) is 13.2 Å². The number of aliphatic carboxylic acids is 2. The first kappa shape index (κ1) is 19.1. The SMILES string of the molecule is O=C(O)COc1cc(CNC(=O)C(F)(F)F)cc(OCC(=O)O)c1. The molecule has 0 unspecified atom stereocenters. The number of ether oxygens (including phenoxy) is 2. The van der Waals surface area contributed by atoms with Crippen molar-refractivity contribution in [3.63, 3.8) is 0 Å². The van der Waals surface area contributed by atoms with Gasteiger partial charge in [-0.15, -0.1) is 0 Å². The van der Waals surface area contributed by atoms with Crippen LogP contribution in [0.15, 0.2) is 18.2 Å². The van der Waals surface area contributed by atoms with Crippen molar-refractivity contribution in [1.82, 2.24) is 5.32 Å². The zero-order valence-corrected chi connectivity index (χ0v) is 11.9. The van der Waals surface area contributed by atoms with Crippen molar-refractivity contribution in [2.75, 3.05) is 13.2 Å². The Kier molecular flexibility index (Phi) is 6.38. The lowest BCUT2D eigenvalue weighted by Crippen LogP contribution is -2.36. The maximum atomic E-state index is 12.1. The molecule has 0 saturated heterocycles. The van der Waals surface area contributed by atoms with Crippen LogP contribution in [0.2, 0.25) is 0 Å². The van der Waals surface area contributed by atoms with Crippen molar-refractivity contribution in [2.45, 2.75) is 12.7 Å². The Labute approximate surface area is 132 Å². The lowest BCUT2D eigenvalue weighted by Gasteiger charge is -2.12. The molecule has 0 fully saturated rings. The summed E-state index contributed by atoms with van der Waals surface area (Å²) >= 11 is 0. The molecule has 132 valence electrons. The van der Waals surface area contributed by atoms with Crippen molar-refractivity contribution >= 4 is 17.8 Å². The number of benzene rings is 1. The number of nitrogens with one attached hydrogen (secondary N) is 1. The van der Waals surface area contributed by atoms with Crippen molar-refractivity contribution in [1.29, 1.82) is 0 Å². The third-order valence-corrected chi connectivity index (χ3v) is 2.37. The number of carbonyl (C=O) groups excluding carboxylic acids is 1. The van der Waals surface area contributed by atoms with E-state index < -0.39 is 43.8 Å². The van der Waals surface area contributed by atoms with E-state index in [4.69, 9.17) is 19.7 Å². The molecule has 0 atom stereocenters. The highest BCUT2D eigenvalue weighted by Gasteiger charge is 2.38. The van der Waals surface area contributed by atoms with Crippen LogP contribution in [0.1, 0.15) is 5.56 Å². The van der Waals surface area contributed by atoms with Crippen molar-refractivity contribution < 1.29 is 47.2 Å². The number of alkyl halides is 3. The van der Waals surface area contributed by atoms with Crippen LogP contribution in [0.5, 0.6) is 11.5 Å². The monoisotopic (exact) mass is 351 g/mol. The zero-order chi connectivity index (χ0) is 18.3. The second kappa shape index (κ2) is 8.04. The lowest BCUT2D eigenvalue weighted by atomic mass is 10.2. The van der Waals surface area contributed by atoms with Gasteiger partial charge in [0.25, 0.3) is 0 Å². The normalized spacial score (nSPS) is 10.8. The molecule has 24 heavy (non-hydrogen) atoms. The van der Waals surface area contributed by atoms with Crippen LogP contribution in [0, 0.1) is 0 Å². The van der Waals surface area contributed by atoms with Crippen molar-refractivity contribution in [2.24, 2.45) is 0 Å². The summed E-state index contributed by atoms with van der Waals surface area (Å²) in [6.07, 6.45) is -5.06. The van der Waals surface area contributed by atoms with E-state index in [-0.39, 0.29) is 17.1 Å². The number of carboxylic acids is 2. The number of hydrogen-bond donors (Lipinski definition) is 3. The van der Waals surface area contributed by atoms with Crippen LogP contribution in [0.4, 0.5) is 13.2 Å². The van der Waals surface area contributed by atoms with E-state index in [9.17, 15) is 27.6 Å². The summed E-state index contributed by atoms with van der Waals surface area (Å²) in [6.45, 7) is -2.00. The van der Waals surface area contributed by atoms with Gasteiger partial charge in [-0.3, -0.25) is 4.79 Å². The molecule has 0 aliphatic carbocycles. The van der Waals surface area contributed by atoms with Crippen molar-refractivity contribution in [3.8, 4) is 11.5 Å². The van der Waals surface area contributed by atoms with E-state index in [2.05, 4.69) is 0 Å². The number of hydrogen-bond acceptors (Lipinski definition) is 5. The topological polar surface area (TPSA) is 122 Å². The Balaban J connectivity index is 2.89. The second-order valence-electron chi connectivity index (χ2n) is 4.36. The molecule has 0 bridgehead atoms. The minimum atomic E-state index is -5.06. The Morgan fingerprint density at radius 2 is 1.42 bits per heavy atom. The number of halogens is 3. The fourth-order valence-corrected chi connectivity index (χ4v) is 1.47. The van der Waals surface area contributed by atoms with Crippen LogP contribution in [0.25, 0.3) is 0 Å². The molecule has 0 aromatic heterocycles. The number of carbonyl (C=O) groups is 3. The van der Waals surface area contributed by atoms with Gasteiger partial charge in [-0.05, 0) is 17.7 Å². The van der Waals surface area contributed by atoms with E-state index in [1.807, 2.05) is 0 Å². The van der Waals surface area contributed by atoms with E-state index in [1.54, 1.807) is 5.32 Å². The van der Waals surface area contributed by atoms with Gasteiger partial charge in [0, 0.05) is 12.6 Å². The molecular formula is C13H12F3NO7. The van der Waals surface area contributed by atoms with Crippen LogP contribution < -0.4 is 14.8 Å². The summed E-state index contributed by atoms with van der Waals surface area (Å²) in [7, 11) is 0. The molecule has 11 heteroatoms. The van der Waals surface area contributed by atoms with E-state index >= 15 is 0 Å². The van der Waals surface area contributed by atoms with E-state index in [0.717, 1.165) is 0 Å². The Bertz CT molecular complexity index is 594. The molecule has 1 rings (SSSR count). The number of carboxylic acid groups (broad SMARTS) is 2. The second-order valence-corrected chi connectivity index (χ2v) is 4.36. The first-order valence-corrected chi connectivity index (χ1v) is 6.26. The minimum absolute atomic E-state index is 0.0726. The average Bonchev–Trinajstić information content (AvgIpc) is 2.47. The van der Waals surface area contributed by atoms with Crippen LogP contribution in [0.3, 0.4) is 0 Å². The molecule has 1 amide bonds. The number of amides is 1. The Morgan fingerprint density at radius 1 is 0.958 bits per heavy atom. The summed E-state index contributed by atoms with van der Waals surface area (Å²) in [6, 6.07) is 3.54. The predicted octanol–water partition coefficient (Wildman–Crippen LogP) is 0.792. The molecule has 0 aliphatic rings. The largest absolute Gasteiger partial charge is 0.482 e. The van der Waals surface area contributed by atoms with Gasteiger partial charge < -0.3 is 25.0 Å². The molecule has 0 heterocycles. The van der Waals surface area contributed by atoms with Gasteiger partial charge in [0.05, 0.1) is 0 Å². The quantitative estimate of drug-likeness (QED) is 0.633. The summed E-state index contributed by atoms with van der Waals surface area (Å²) in [4.78, 5) is 31.7. The van der Waals surface area contributed by atoms with Crippen LogP contribution in [-0.4, -0.2) is 47.4 Å². The first-order chi connectivity index (χ1) is 11.1. The Morgan fingerprint density at radius 3 is 1.79 bits per heavy atom. The maximum absolute atomic E-state index is 12.1. The molecule has 0 spiro atoms. The molecule has 3 N–H and O–H groups in total. The molecule has 0 radical (unpaired) electrons. The summed E-state index contributed by atoms with van der Waals surface area (Å²) in [5.41, 5.74) is 0.0934. The number of rotatable bonds is 8. The maximum Gasteiger partial charge on any atom is 0.471 e. The summed E-state index contributed by atoms with van der Waals surface area (Å²) < 4.78 is 46.1. The van der Waals surface area contributed by atoms with Gasteiger partial charge in [0.15, 0.2) is 13.2 Å². The van der Waals surface area contributed by atoms with Crippen LogP contribution in [-0.2, 0) is 20.9 Å². The highest BCUT2D eigenvalue weighted by molar-refractivity contribution is 5.81. The van der Waals surface area contributed by atoms with Gasteiger partial charge in [0.1, 0.15) is 11.5 Å². The van der Waals surface area contributed by atoms with Gasteiger partial charge in [0.2, 0.25) is 0 Å². The van der Waals surface area contributed by atoms with Gasteiger partial charge >= 0.3 is 24.0 Å². The van der Waals surface area contributed by atoms with Gasteiger partial charge in [-0.25, -0.2) is 9.59 Å². The highest BCUT2D eigenvalue weighted by Crippen LogP contribution is 2.23. The van der Waals surface area contributed by atoms with E-state index in [0.29, 0.717) is 0 Å². The smallest absolute Gasteiger partial charge is 0.471 e. The minimum Gasteiger partial charge on any atom is -0.482 e. The molecule has 0 saturated carbocycles. The Hall–Kier alpha value is -2.98. The first-order valence-electron chi connectivity index (χ1n) is 6.26. The fraction of sp³-hybridized carbons (Fsp3) is 0.308. The molecule has 8 nitrogen and oxygen atoms in total. The predicted molar refractivity (Wildman–Crippen MR) is 70.6 cm³/mol. The van der Waals surface area contributed by atoms with E-state index in [1.165, 1.54) is 18.2 Å². The lowest BCUT2D eigenvalue weighted by molar-refractivity contribution is -0.173. The standard InChI is InChI=1S/C13H12F3NO7/c14-13(15,16)12(22)17-4-7-1-8(23-5-10(18)19)3-9(2-7)24-6-11(20)21/h1-3H,4-6H2,(H,17,22)(H,18,19)(H,20,21). The van der Waals surface area contributed by atoms with Crippen molar-refractivity contribution in [3.05, 3.63) is 23.8 Å². The third-order valence-electron chi connectivity index (χ3n) is 2.37. The van der Waals surface area contributed by atoms with Gasteiger partial charge in [-0.1, -0.05) is 0 Å². The third kappa shape index (κ3) is 6.85. The fourth-order valence-electron chi connectivity index (χ4n) is 1.47. The molecule has 0 aliphatic heterocycles. The molecule has 1 aromatic carbocycles. The molecular weight excluding hydrogens is 339 g/mol. The summed E-state index contributed by atoms with van der Waals surface area (Å²) in [5.74, 6) is -4.89.